The molecule has 1 aliphatic heterocycles. The molecular formula is C14H27NOS. The van der Waals surface area contributed by atoms with Crippen LogP contribution in [0.5, 0.6) is 0 Å². The average Bonchev–Trinajstić information content (AvgIpc) is 2.58. The largest absolute Gasteiger partial charge is 0.381 e. The van der Waals surface area contributed by atoms with Crippen molar-refractivity contribution in [3.8, 4) is 0 Å². The van der Waals surface area contributed by atoms with Crippen molar-refractivity contribution in [3.63, 3.8) is 0 Å². The van der Waals surface area contributed by atoms with Gasteiger partial charge in [-0.1, -0.05) is 20.8 Å². The fraction of sp³-hybridized carbons (Fsp3) is 1.00. The summed E-state index contributed by atoms with van der Waals surface area (Å²) in [5.74, 6) is 0. The monoisotopic (exact) mass is 257 g/mol. The summed E-state index contributed by atoms with van der Waals surface area (Å²) in [6.07, 6.45) is 5.25. The molecule has 0 amide bonds. The minimum absolute atomic E-state index is 0.471. The predicted molar refractivity (Wildman–Crippen MR) is 75.7 cm³/mol. The predicted octanol–water partition coefficient (Wildman–Crippen LogP) is 3.07. The molecule has 3 heteroatoms. The van der Waals surface area contributed by atoms with Gasteiger partial charge in [-0.25, -0.2) is 0 Å². The molecule has 0 bridgehead atoms. The highest BCUT2D eigenvalue weighted by Crippen LogP contribution is 2.45. The quantitative estimate of drug-likeness (QED) is 0.836. The second kappa shape index (κ2) is 5.94. The first-order valence-electron chi connectivity index (χ1n) is 7.10. The summed E-state index contributed by atoms with van der Waals surface area (Å²) in [4.78, 5) is 0. The van der Waals surface area contributed by atoms with Crippen LogP contribution in [0.25, 0.3) is 0 Å². The van der Waals surface area contributed by atoms with Crippen LogP contribution in [-0.4, -0.2) is 36.3 Å². The molecule has 1 N–H and O–H groups in total. The minimum Gasteiger partial charge on any atom is -0.381 e. The Labute approximate surface area is 110 Å². The summed E-state index contributed by atoms with van der Waals surface area (Å²) in [6.45, 7) is 10.1. The zero-order chi connectivity index (χ0) is 12.3. The Morgan fingerprint density at radius 2 is 1.94 bits per heavy atom. The molecule has 2 rings (SSSR count). The van der Waals surface area contributed by atoms with E-state index in [2.05, 4.69) is 37.8 Å². The maximum absolute atomic E-state index is 5.45. The van der Waals surface area contributed by atoms with E-state index in [4.69, 9.17) is 4.74 Å². The highest BCUT2D eigenvalue weighted by atomic mass is 32.2. The van der Waals surface area contributed by atoms with Crippen molar-refractivity contribution in [2.45, 2.75) is 63.0 Å². The first-order chi connectivity index (χ1) is 8.13. The maximum Gasteiger partial charge on any atom is 0.0476 e. The third-order valence-corrected chi connectivity index (χ3v) is 5.96. The number of nitrogens with one attached hydrogen (secondary N) is 1. The molecule has 1 saturated carbocycles. The maximum atomic E-state index is 5.45. The SMILES string of the molecule is CCNC1C(SC2CCOCC2)CCC1(C)C. The normalized spacial score (nSPS) is 34.1. The van der Waals surface area contributed by atoms with E-state index in [9.17, 15) is 0 Å². The number of hydrogen-bond acceptors (Lipinski definition) is 3. The Kier molecular flexibility index (Phi) is 4.79. The zero-order valence-electron chi connectivity index (χ0n) is 11.5. The van der Waals surface area contributed by atoms with Crippen LogP contribution in [0.1, 0.15) is 46.5 Å². The summed E-state index contributed by atoms with van der Waals surface area (Å²) in [6, 6.07) is 0.695. The third kappa shape index (κ3) is 3.39. The van der Waals surface area contributed by atoms with Crippen molar-refractivity contribution < 1.29 is 4.74 Å². The number of rotatable bonds is 4. The van der Waals surface area contributed by atoms with E-state index in [1.54, 1.807) is 0 Å². The van der Waals surface area contributed by atoms with Gasteiger partial charge in [0.25, 0.3) is 0 Å². The Bertz CT molecular complexity index is 238. The summed E-state index contributed by atoms with van der Waals surface area (Å²) in [5, 5.41) is 5.37. The van der Waals surface area contributed by atoms with Gasteiger partial charge in [0.05, 0.1) is 0 Å². The van der Waals surface area contributed by atoms with Gasteiger partial charge in [0.1, 0.15) is 0 Å². The van der Waals surface area contributed by atoms with Crippen LogP contribution in [0.15, 0.2) is 0 Å². The zero-order valence-corrected chi connectivity index (χ0v) is 12.3. The molecule has 0 spiro atoms. The number of ether oxygens (including phenoxy) is 1. The first-order valence-corrected chi connectivity index (χ1v) is 8.04. The van der Waals surface area contributed by atoms with Gasteiger partial charge in [0, 0.05) is 29.8 Å². The van der Waals surface area contributed by atoms with Crippen molar-refractivity contribution in [3.05, 3.63) is 0 Å². The first kappa shape index (κ1) is 13.7. The van der Waals surface area contributed by atoms with E-state index >= 15 is 0 Å². The molecule has 0 aromatic rings. The topological polar surface area (TPSA) is 21.3 Å². The molecule has 0 aromatic carbocycles. The van der Waals surface area contributed by atoms with Gasteiger partial charge in [-0.2, -0.15) is 11.8 Å². The van der Waals surface area contributed by atoms with Crippen LogP contribution < -0.4 is 5.32 Å². The standard InChI is InChI=1S/C14H27NOS/c1-4-15-13-12(5-8-14(13,2)3)17-11-6-9-16-10-7-11/h11-13,15H,4-10H2,1-3H3. The average molecular weight is 257 g/mol. The fourth-order valence-electron chi connectivity index (χ4n) is 3.17. The summed E-state index contributed by atoms with van der Waals surface area (Å²) < 4.78 is 5.45. The highest BCUT2D eigenvalue weighted by Gasteiger charge is 2.42. The van der Waals surface area contributed by atoms with Gasteiger partial charge in [0.15, 0.2) is 0 Å². The fourth-order valence-corrected chi connectivity index (χ4v) is 5.01. The molecule has 1 saturated heterocycles. The lowest BCUT2D eigenvalue weighted by Gasteiger charge is -2.33. The second-order valence-electron chi connectivity index (χ2n) is 6.05. The lowest BCUT2D eigenvalue weighted by Crippen LogP contribution is -2.44. The molecule has 1 heterocycles. The Hall–Kier alpha value is 0.270. The second-order valence-corrected chi connectivity index (χ2v) is 7.59. The van der Waals surface area contributed by atoms with Crippen LogP contribution in [-0.2, 0) is 4.74 Å². The van der Waals surface area contributed by atoms with E-state index in [1.807, 2.05) is 0 Å². The van der Waals surface area contributed by atoms with Crippen LogP contribution in [0, 0.1) is 5.41 Å². The van der Waals surface area contributed by atoms with Crippen LogP contribution in [0.2, 0.25) is 0 Å². The van der Waals surface area contributed by atoms with Crippen LogP contribution in [0.4, 0.5) is 0 Å². The summed E-state index contributed by atoms with van der Waals surface area (Å²) in [5.41, 5.74) is 0.471. The van der Waals surface area contributed by atoms with Crippen molar-refractivity contribution >= 4 is 11.8 Å². The van der Waals surface area contributed by atoms with Gasteiger partial charge in [0.2, 0.25) is 0 Å². The molecule has 2 aliphatic rings. The molecule has 2 atom stereocenters. The molecule has 2 nitrogen and oxygen atoms in total. The molecule has 1 aliphatic carbocycles. The van der Waals surface area contributed by atoms with Crippen molar-refractivity contribution in [1.82, 2.24) is 5.32 Å². The van der Waals surface area contributed by atoms with Gasteiger partial charge < -0.3 is 10.1 Å². The molecule has 100 valence electrons. The van der Waals surface area contributed by atoms with E-state index < -0.39 is 0 Å². The van der Waals surface area contributed by atoms with E-state index in [0.29, 0.717) is 11.5 Å². The third-order valence-electron chi connectivity index (χ3n) is 4.25. The smallest absolute Gasteiger partial charge is 0.0476 e. The van der Waals surface area contributed by atoms with Crippen molar-refractivity contribution in [2.24, 2.45) is 5.41 Å². The molecular weight excluding hydrogens is 230 g/mol. The molecule has 0 radical (unpaired) electrons. The highest BCUT2D eigenvalue weighted by molar-refractivity contribution is 8.00. The van der Waals surface area contributed by atoms with Crippen LogP contribution >= 0.6 is 11.8 Å². The molecule has 2 unspecified atom stereocenters. The Morgan fingerprint density at radius 3 is 2.59 bits per heavy atom. The summed E-state index contributed by atoms with van der Waals surface area (Å²) >= 11 is 2.24. The van der Waals surface area contributed by atoms with Gasteiger partial charge >= 0.3 is 0 Å². The van der Waals surface area contributed by atoms with Crippen molar-refractivity contribution in [2.75, 3.05) is 19.8 Å². The van der Waals surface area contributed by atoms with E-state index in [0.717, 1.165) is 30.3 Å². The lowest BCUT2D eigenvalue weighted by molar-refractivity contribution is 0.0999. The molecule has 17 heavy (non-hydrogen) atoms. The van der Waals surface area contributed by atoms with Gasteiger partial charge in [-0.05, 0) is 37.6 Å². The lowest BCUT2D eigenvalue weighted by atomic mass is 9.87. The molecule has 0 aromatic heterocycles. The van der Waals surface area contributed by atoms with Crippen LogP contribution in [0.3, 0.4) is 0 Å². The summed E-state index contributed by atoms with van der Waals surface area (Å²) in [7, 11) is 0. The van der Waals surface area contributed by atoms with E-state index in [-0.39, 0.29) is 0 Å². The number of hydrogen-bond donors (Lipinski definition) is 1. The van der Waals surface area contributed by atoms with Gasteiger partial charge in [-0.15, -0.1) is 0 Å². The Balaban J connectivity index is 1.90. The minimum atomic E-state index is 0.471. The number of thioether (sulfide) groups is 1. The van der Waals surface area contributed by atoms with Gasteiger partial charge in [-0.3, -0.25) is 0 Å². The molecule has 2 fully saturated rings. The Morgan fingerprint density at radius 1 is 1.24 bits per heavy atom. The van der Waals surface area contributed by atoms with Crippen molar-refractivity contribution in [1.29, 1.82) is 0 Å². The van der Waals surface area contributed by atoms with E-state index in [1.165, 1.54) is 25.7 Å².